The molecule has 0 bridgehead atoms. The minimum Gasteiger partial charge on any atom is -0.480 e. The van der Waals surface area contributed by atoms with E-state index in [0.717, 1.165) is 0 Å². The summed E-state index contributed by atoms with van der Waals surface area (Å²) in [5, 5.41) is 1.52. The zero-order valence-corrected chi connectivity index (χ0v) is 13.0. The van der Waals surface area contributed by atoms with E-state index in [1.807, 2.05) is 0 Å². The number of imidazole rings is 1. The summed E-state index contributed by atoms with van der Waals surface area (Å²) in [6.45, 7) is 0. The van der Waals surface area contributed by atoms with E-state index >= 15 is 0 Å². The number of hydrogen-bond acceptors (Lipinski definition) is 6. The zero-order valence-electron chi connectivity index (χ0n) is 10.6. The van der Waals surface area contributed by atoms with Crippen molar-refractivity contribution in [1.82, 2.24) is 14.4 Å². The molecule has 0 fully saturated rings. The van der Waals surface area contributed by atoms with Crippen molar-refractivity contribution in [3.05, 3.63) is 35.1 Å². The lowest BCUT2D eigenvalue weighted by Crippen LogP contribution is -2.16. The van der Waals surface area contributed by atoms with Gasteiger partial charge in [-0.2, -0.15) is 8.42 Å². The molecule has 0 saturated carbocycles. The summed E-state index contributed by atoms with van der Waals surface area (Å²) in [5.74, 6) is 0.170. The number of aromatic nitrogens is 3. The van der Waals surface area contributed by atoms with Gasteiger partial charge in [-0.05, 0) is 12.1 Å². The molecule has 0 atom stereocenters. The summed E-state index contributed by atoms with van der Waals surface area (Å²) in [6.07, 6.45) is 3.09. The number of anilines is 1. The van der Waals surface area contributed by atoms with E-state index in [1.54, 1.807) is 23.7 Å². The van der Waals surface area contributed by atoms with Crippen LogP contribution in [0.25, 0.3) is 4.96 Å². The molecular weight excluding hydrogens is 336 g/mol. The third-order valence-corrected chi connectivity index (χ3v) is 5.16. The van der Waals surface area contributed by atoms with Gasteiger partial charge in [0.2, 0.25) is 5.88 Å². The molecule has 0 unspecified atom stereocenters. The first-order valence-electron chi connectivity index (χ1n) is 5.66. The molecular formula is C11H9ClN4O3S2. The van der Waals surface area contributed by atoms with Crippen molar-refractivity contribution < 1.29 is 13.2 Å². The molecule has 7 nitrogen and oxygen atoms in total. The second-order valence-corrected chi connectivity index (χ2v) is 6.76. The van der Waals surface area contributed by atoms with Gasteiger partial charge in [0.05, 0.1) is 7.11 Å². The van der Waals surface area contributed by atoms with Crippen molar-refractivity contribution in [2.75, 3.05) is 11.8 Å². The average Bonchev–Trinajstić information content (AvgIpc) is 2.98. The Hall–Kier alpha value is -1.84. The maximum absolute atomic E-state index is 12.5. The highest BCUT2D eigenvalue weighted by Gasteiger charge is 2.26. The predicted molar refractivity (Wildman–Crippen MR) is 79.7 cm³/mol. The summed E-state index contributed by atoms with van der Waals surface area (Å²) in [5.41, 5.74) is 0.223. The van der Waals surface area contributed by atoms with Crippen molar-refractivity contribution in [2.24, 2.45) is 0 Å². The van der Waals surface area contributed by atoms with Gasteiger partial charge in [-0.15, -0.1) is 11.3 Å². The van der Waals surface area contributed by atoms with Crippen LogP contribution >= 0.6 is 22.9 Å². The molecule has 3 heterocycles. The van der Waals surface area contributed by atoms with Crippen molar-refractivity contribution in [1.29, 1.82) is 0 Å². The Morgan fingerprint density at radius 1 is 1.48 bits per heavy atom. The van der Waals surface area contributed by atoms with Crippen molar-refractivity contribution >= 4 is 43.6 Å². The quantitative estimate of drug-likeness (QED) is 0.784. The average molecular weight is 345 g/mol. The number of pyridine rings is 1. The van der Waals surface area contributed by atoms with Gasteiger partial charge in [0.1, 0.15) is 5.69 Å². The summed E-state index contributed by atoms with van der Waals surface area (Å²) < 4.78 is 33.9. The standard InChI is InChI=1S/C11H9ClN4O3S2/c1-19-9-7(3-2-4-13-9)15-21(17,18)10-8(12)14-11-16(10)5-6-20-11/h2-6,15H,1H3. The van der Waals surface area contributed by atoms with Crippen LogP contribution in [0, 0.1) is 0 Å². The molecule has 3 aromatic rings. The van der Waals surface area contributed by atoms with E-state index in [0.29, 0.717) is 4.96 Å². The summed E-state index contributed by atoms with van der Waals surface area (Å²) in [4.78, 5) is 8.44. The Bertz CT molecular complexity index is 903. The Kier molecular flexibility index (Phi) is 3.47. The number of ether oxygens (including phenoxy) is 1. The van der Waals surface area contributed by atoms with Crippen LogP contribution in [0.5, 0.6) is 5.88 Å². The van der Waals surface area contributed by atoms with E-state index in [2.05, 4.69) is 14.7 Å². The second kappa shape index (κ2) is 5.17. The van der Waals surface area contributed by atoms with E-state index in [9.17, 15) is 8.42 Å². The Labute approximate surface area is 129 Å². The number of nitrogens with zero attached hydrogens (tertiary/aromatic N) is 3. The molecule has 3 aromatic heterocycles. The van der Waals surface area contributed by atoms with Gasteiger partial charge in [-0.25, -0.2) is 9.97 Å². The highest BCUT2D eigenvalue weighted by Crippen LogP contribution is 2.29. The highest BCUT2D eigenvalue weighted by molar-refractivity contribution is 7.92. The van der Waals surface area contributed by atoms with Gasteiger partial charge in [0.15, 0.2) is 15.1 Å². The molecule has 0 radical (unpaired) electrons. The van der Waals surface area contributed by atoms with E-state index in [-0.39, 0.29) is 21.7 Å². The van der Waals surface area contributed by atoms with Gasteiger partial charge in [-0.1, -0.05) is 11.6 Å². The van der Waals surface area contributed by atoms with E-state index in [1.165, 1.54) is 29.0 Å². The van der Waals surface area contributed by atoms with Gasteiger partial charge >= 0.3 is 0 Å². The molecule has 1 N–H and O–H groups in total. The highest BCUT2D eigenvalue weighted by atomic mass is 35.5. The van der Waals surface area contributed by atoms with Crippen molar-refractivity contribution in [3.8, 4) is 5.88 Å². The number of nitrogens with one attached hydrogen (secondary N) is 1. The minimum absolute atomic E-state index is 0.0859. The number of fused-ring (bicyclic) bond motifs is 1. The first kappa shape index (κ1) is 14.1. The second-order valence-electron chi connectivity index (χ2n) is 3.93. The molecule has 0 amide bonds. The van der Waals surface area contributed by atoms with E-state index in [4.69, 9.17) is 16.3 Å². The van der Waals surface area contributed by atoms with Crippen LogP contribution in [-0.4, -0.2) is 29.9 Å². The topological polar surface area (TPSA) is 85.6 Å². The number of hydrogen-bond donors (Lipinski definition) is 1. The maximum atomic E-state index is 12.5. The molecule has 0 aliphatic heterocycles. The number of thiazole rings is 1. The normalized spacial score (nSPS) is 11.7. The summed E-state index contributed by atoms with van der Waals surface area (Å²) >= 11 is 7.23. The fourth-order valence-corrected chi connectivity index (χ4v) is 4.32. The SMILES string of the molecule is COc1ncccc1NS(=O)(=O)c1c(Cl)nc2sccn12. The molecule has 0 aromatic carbocycles. The van der Waals surface area contributed by atoms with Gasteiger partial charge in [0.25, 0.3) is 10.0 Å². The number of halogens is 1. The van der Waals surface area contributed by atoms with Crippen LogP contribution in [-0.2, 0) is 10.0 Å². The van der Waals surface area contributed by atoms with E-state index < -0.39 is 10.0 Å². The van der Waals surface area contributed by atoms with Crippen LogP contribution < -0.4 is 9.46 Å². The Morgan fingerprint density at radius 2 is 2.29 bits per heavy atom. The zero-order chi connectivity index (χ0) is 15.0. The lowest BCUT2D eigenvalue weighted by molar-refractivity contribution is 0.400. The first-order valence-corrected chi connectivity index (χ1v) is 8.40. The molecule has 0 spiro atoms. The lowest BCUT2D eigenvalue weighted by Gasteiger charge is -2.10. The number of rotatable bonds is 4. The largest absolute Gasteiger partial charge is 0.480 e. The fourth-order valence-electron chi connectivity index (χ4n) is 1.80. The van der Waals surface area contributed by atoms with Gasteiger partial charge in [-0.3, -0.25) is 9.12 Å². The van der Waals surface area contributed by atoms with Crippen LogP contribution in [0.3, 0.4) is 0 Å². The molecule has 21 heavy (non-hydrogen) atoms. The lowest BCUT2D eigenvalue weighted by atomic mass is 10.4. The minimum atomic E-state index is -3.92. The third kappa shape index (κ3) is 2.43. The molecule has 0 aliphatic carbocycles. The predicted octanol–water partition coefficient (Wildman–Crippen LogP) is 2.25. The molecule has 0 saturated heterocycles. The number of methoxy groups -OCH3 is 1. The Balaban J connectivity index is 2.09. The molecule has 10 heteroatoms. The van der Waals surface area contributed by atoms with Gasteiger partial charge < -0.3 is 4.74 Å². The maximum Gasteiger partial charge on any atom is 0.281 e. The monoisotopic (exact) mass is 344 g/mol. The smallest absolute Gasteiger partial charge is 0.281 e. The summed E-state index contributed by atoms with van der Waals surface area (Å²) in [7, 11) is -2.52. The van der Waals surface area contributed by atoms with Crippen molar-refractivity contribution in [2.45, 2.75) is 5.03 Å². The molecule has 3 rings (SSSR count). The number of sulfonamides is 1. The summed E-state index contributed by atoms with van der Waals surface area (Å²) in [6, 6.07) is 3.14. The van der Waals surface area contributed by atoms with Crippen LogP contribution in [0.2, 0.25) is 5.15 Å². The van der Waals surface area contributed by atoms with Crippen LogP contribution in [0.15, 0.2) is 34.9 Å². The van der Waals surface area contributed by atoms with Crippen LogP contribution in [0.4, 0.5) is 5.69 Å². The molecule has 110 valence electrons. The van der Waals surface area contributed by atoms with Gasteiger partial charge in [0, 0.05) is 17.8 Å². The first-order chi connectivity index (χ1) is 10.0. The van der Waals surface area contributed by atoms with Crippen LogP contribution in [0.1, 0.15) is 0 Å². The molecule has 0 aliphatic rings. The fraction of sp³-hybridized carbons (Fsp3) is 0.0909. The van der Waals surface area contributed by atoms with Crippen molar-refractivity contribution in [3.63, 3.8) is 0 Å². The third-order valence-electron chi connectivity index (χ3n) is 2.64. The Morgan fingerprint density at radius 3 is 3.05 bits per heavy atom.